The zero-order chi connectivity index (χ0) is 15.2. The summed E-state index contributed by atoms with van der Waals surface area (Å²) < 4.78 is 12.8. The Morgan fingerprint density at radius 2 is 1.52 bits per heavy atom. The van der Waals surface area contributed by atoms with Gasteiger partial charge in [0.25, 0.3) is 5.91 Å². The lowest BCUT2D eigenvalue weighted by atomic mass is 10.1. The minimum atomic E-state index is -0.375. The Labute approximate surface area is 122 Å². The molecule has 0 saturated carbocycles. The van der Waals surface area contributed by atoms with E-state index in [0.717, 1.165) is 5.56 Å². The van der Waals surface area contributed by atoms with E-state index >= 15 is 0 Å². The standard InChI is InChI=1S/C17H14FNO2/c1-19-17(21)14-5-2-12(3-6-14)4-11-16(20)13-7-9-15(18)10-8-13/h2-11H,1H3,(H,19,21)/b11-4+. The Morgan fingerprint density at radius 3 is 2.10 bits per heavy atom. The van der Waals surface area contributed by atoms with E-state index in [1.807, 2.05) is 0 Å². The highest BCUT2D eigenvalue weighted by atomic mass is 19.1. The van der Waals surface area contributed by atoms with E-state index in [0.29, 0.717) is 11.1 Å². The van der Waals surface area contributed by atoms with Crippen molar-refractivity contribution < 1.29 is 14.0 Å². The van der Waals surface area contributed by atoms with Crippen molar-refractivity contribution in [2.45, 2.75) is 0 Å². The van der Waals surface area contributed by atoms with Crippen molar-refractivity contribution in [2.24, 2.45) is 0 Å². The van der Waals surface area contributed by atoms with Crippen LogP contribution in [0.25, 0.3) is 6.08 Å². The Kier molecular flexibility index (Phi) is 4.61. The number of allylic oxidation sites excluding steroid dienone is 1. The molecule has 1 N–H and O–H groups in total. The number of hydrogen-bond donors (Lipinski definition) is 1. The molecule has 106 valence electrons. The summed E-state index contributed by atoms with van der Waals surface area (Å²) in [6, 6.07) is 12.2. The molecule has 0 aliphatic rings. The molecule has 0 fully saturated rings. The lowest BCUT2D eigenvalue weighted by molar-refractivity contribution is 0.0962. The molecule has 0 aliphatic heterocycles. The third-order valence-corrected chi connectivity index (χ3v) is 2.96. The highest BCUT2D eigenvalue weighted by molar-refractivity contribution is 6.06. The molecule has 0 saturated heterocycles. The lowest BCUT2D eigenvalue weighted by Crippen LogP contribution is -2.17. The maximum Gasteiger partial charge on any atom is 0.251 e. The van der Waals surface area contributed by atoms with Crippen molar-refractivity contribution >= 4 is 17.8 Å². The second-order valence-corrected chi connectivity index (χ2v) is 4.41. The van der Waals surface area contributed by atoms with Crippen LogP contribution in [-0.2, 0) is 0 Å². The molecular formula is C17H14FNO2. The smallest absolute Gasteiger partial charge is 0.251 e. The first-order valence-electron chi connectivity index (χ1n) is 6.40. The van der Waals surface area contributed by atoms with Crippen molar-refractivity contribution in [1.82, 2.24) is 5.32 Å². The van der Waals surface area contributed by atoms with Gasteiger partial charge in [0.05, 0.1) is 0 Å². The summed E-state index contributed by atoms with van der Waals surface area (Å²) in [4.78, 5) is 23.3. The van der Waals surface area contributed by atoms with E-state index < -0.39 is 0 Å². The molecule has 2 aromatic carbocycles. The average molecular weight is 283 g/mol. The van der Waals surface area contributed by atoms with Gasteiger partial charge in [0.15, 0.2) is 5.78 Å². The number of rotatable bonds is 4. The Balaban J connectivity index is 2.08. The zero-order valence-corrected chi connectivity index (χ0v) is 11.5. The van der Waals surface area contributed by atoms with Crippen LogP contribution in [0.1, 0.15) is 26.3 Å². The van der Waals surface area contributed by atoms with Crippen molar-refractivity contribution in [3.8, 4) is 0 Å². The number of ketones is 1. The van der Waals surface area contributed by atoms with Crippen molar-refractivity contribution in [3.63, 3.8) is 0 Å². The minimum Gasteiger partial charge on any atom is -0.355 e. The third kappa shape index (κ3) is 3.86. The van der Waals surface area contributed by atoms with Gasteiger partial charge in [-0.15, -0.1) is 0 Å². The minimum absolute atomic E-state index is 0.159. The topological polar surface area (TPSA) is 46.2 Å². The van der Waals surface area contributed by atoms with E-state index in [-0.39, 0.29) is 17.5 Å². The molecule has 0 unspecified atom stereocenters. The molecule has 4 heteroatoms. The van der Waals surface area contributed by atoms with Crippen LogP contribution >= 0.6 is 0 Å². The molecule has 0 radical (unpaired) electrons. The average Bonchev–Trinajstić information content (AvgIpc) is 2.53. The zero-order valence-electron chi connectivity index (χ0n) is 11.5. The van der Waals surface area contributed by atoms with Gasteiger partial charge in [-0.05, 0) is 48.0 Å². The summed E-state index contributed by atoms with van der Waals surface area (Å²) in [6.45, 7) is 0. The number of amides is 1. The highest BCUT2D eigenvalue weighted by Crippen LogP contribution is 2.09. The van der Waals surface area contributed by atoms with Crippen LogP contribution < -0.4 is 5.32 Å². The monoisotopic (exact) mass is 283 g/mol. The first kappa shape index (κ1) is 14.7. The molecule has 2 aromatic rings. The molecule has 2 rings (SSSR count). The molecule has 21 heavy (non-hydrogen) atoms. The van der Waals surface area contributed by atoms with Crippen LogP contribution in [0.5, 0.6) is 0 Å². The Bertz CT molecular complexity index is 673. The van der Waals surface area contributed by atoms with Gasteiger partial charge < -0.3 is 5.32 Å². The summed E-state index contributed by atoms with van der Waals surface area (Å²) in [7, 11) is 1.57. The number of halogens is 1. The van der Waals surface area contributed by atoms with Crippen molar-refractivity contribution in [1.29, 1.82) is 0 Å². The quantitative estimate of drug-likeness (QED) is 0.692. The maximum atomic E-state index is 12.8. The van der Waals surface area contributed by atoms with E-state index in [4.69, 9.17) is 0 Å². The lowest BCUT2D eigenvalue weighted by Gasteiger charge is -2.00. The van der Waals surface area contributed by atoms with Crippen LogP contribution in [0, 0.1) is 5.82 Å². The fourth-order valence-electron chi connectivity index (χ4n) is 1.77. The number of benzene rings is 2. The number of carbonyl (C=O) groups excluding carboxylic acids is 2. The predicted molar refractivity (Wildman–Crippen MR) is 79.6 cm³/mol. The summed E-state index contributed by atoms with van der Waals surface area (Å²) in [6.07, 6.45) is 3.07. The molecule has 0 heterocycles. The third-order valence-electron chi connectivity index (χ3n) is 2.96. The fraction of sp³-hybridized carbons (Fsp3) is 0.0588. The summed E-state index contributed by atoms with van der Waals surface area (Å²) in [5.74, 6) is -0.737. The number of hydrogen-bond acceptors (Lipinski definition) is 2. The van der Waals surface area contributed by atoms with Gasteiger partial charge in [-0.3, -0.25) is 9.59 Å². The van der Waals surface area contributed by atoms with Gasteiger partial charge in [-0.2, -0.15) is 0 Å². The second-order valence-electron chi connectivity index (χ2n) is 4.41. The second kappa shape index (κ2) is 6.61. The number of carbonyl (C=O) groups is 2. The van der Waals surface area contributed by atoms with Gasteiger partial charge in [-0.1, -0.05) is 18.2 Å². The molecular weight excluding hydrogens is 269 g/mol. The Morgan fingerprint density at radius 1 is 0.952 bits per heavy atom. The van der Waals surface area contributed by atoms with Crippen molar-refractivity contribution in [2.75, 3.05) is 7.05 Å². The molecule has 1 amide bonds. The van der Waals surface area contributed by atoms with Crippen LogP contribution in [0.4, 0.5) is 4.39 Å². The molecule has 0 spiro atoms. The Hall–Kier alpha value is -2.75. The van der Waals surface area contributed by atoms with Gasteiger partial charge >= 0.3 is 0 Å². The molecule has 0 atom stereocenters. The van der Waals surface area contributed by atoms with Crippen LogP contribution in [0.2, 0.25) is 0 Å². The van der Waals surface area contributed by atoms with E-state index in [9.17, 15) is 14.0 Å². The molecule has 0 aromatic heterocycles. The SMILES string of the molecule is CNC(=O)c1ccc(/C=C/C(=O)c2ccc(F)cc2)cc1. The predicted octanol–water partition coefficient (Wildman–Crippen LogP) is 3.08. The first-order chi connectivity index (χ1) is 10.1. The van der Waals surface area contributed by atoms with Crippen LogP contribution in [0.15, 0.2) is 54.6 Å². The summed E-state index contributed by atoms with van der Waals surface area (Å²) >= 11 is 0. The van der Waals surface area contributed by atoms with Crippen LogP contribution in [-0.4, -0.2) is 18.7 Å². The summed E-state index contributed by atoms with van der Waals surface area (Å²) in [5, 5.41) is 2.54. The normalized spacial score (nSPS) is 10.6. The number of nitrogens with one attached hydrogen (secondary N) is 1. The highest BCUT2D eigenvalue weighted by Gasteiger charge is 2.03. The fourth-order valence-corrected chi connectivity index (χ4v) is 1.77. The largest absolute Gasteiger partial charge is 0.355 e. The van der Waals surface area contributed by atoms with Gasteiger partial charge in [0.1, 0.15) is 5.82 Å². The van der Waals surface area contributed by atoms with Gasteiger partial charge in [0, 0.05) is 18.2 Å². The van der Waals surface area contributed by atoms with Gasteiger partial charge in [0.2, 0.25) is 0 Å². The summed E-state index contributed by atoms with van der Waals surface area (Å²) in [5.41, 5.74) is 1.78. The maximum absolute atomic E-state index is 12.8. The van der Waals surface area contributed by atoms with Crippen LogP contribution in [0.3, 0.4) is 0 Å². The molecule has 0 aliphatic carbocycles. The van der Waals surface area contributed by atoms with E-state index in [1.54, 1.807) is 37.4 Å². The van der Waals surface area contributed by atoms with E-state index in [2.05, 4.69) is 5.32 Å². The van der Waals surface area contributed by atoms with Gasteiger partial charge in [-0.25, -0.2) is 4.39 Å². The molecule has 0 bridgehead atoms. The van der Waals surface area contributed by atoms with E-state index in [1.165, 1.54) is 30.3 Å². The first-order valence-corrected chi connectivity index (χ1v) is 6.40. The van der Waals surface area contributed by atoms with Crippen molar-refractivity contribution in [3.05, 3.63) is 77.1 Å². The molecule has 3 nitrogen and oxygen atoms in total.